The van der Waals surface area contributed by atoms with E-state index in [0.717, 1.165) is 24.2 Å². The predicted molar refractivity (Wildman–Crippen MR) is 99.0 cm³/mol. The van der Waals surface area contributed by atoms with Crippen LogP contribution in [0.25, 0.3) is 0 Å². The first-order chi connectivity index (χ1) is 12.6. The molecule has 2 aliphatic rings. The van der Waals surface area contributed by atoms with E-state index in [-0.39, 0.29) is 12.5 Å². The number of aliphatic hydroxyl groups is 1. The van der Waals surface area contributed by atoms with E-state index in [9.17, 15) is 9.90 Å². The summed E-state index contributed by atoms with van der Waals surface area (Å²) in [5.74, 6) is 0.710. The van der Waals surface area contributed by atoms with Crippen molar-refractivity contribution in [3.63, 3.8) is 0 Å². The van der Waals surface area contributed by atoms with Crippen LogP contribution in [0.2, 0.25) is 0 Å². The molecule has 1 atom stereocenters. The Morgan fingerprint density at radius 2 is 2.15 bits per heavy atom. The number of hydrogen-bond donors (Lipinski definition) is 2. The molecule has 0 saturated carbocycles. The van der Waals surface area contributed by atoms with Gasteiger partial charge in [-0.15, -0.1) is 0 Å². The van der Waals surface area contributed by atoms with Crippen LogP contribution in [0.5, 0.6) is 0 Å². The summed E-state index contributed by atoms with van der Waals surface area (Å²) in [4.78, 5) is 22.6. The lowest BCUT2D eigenvalue weighted by molar-refractivity contribution is -0.121. The van der Waals surface area contributed by atoms with Gasteiger partial charge in [-0.1, -0.05) is 18.2 Å². The van der Waals surface area contributed by atoms with Crippen LogP contribution in [0.3, 0.4) is 0 Å². The molecule has 6 heteroatoms. The van der Waals surface area contributed by atoms with Crippen LogP contribution < -0.4 is 10.2 Å². The van der Waals surface area contributed by atoms with Crippen LogP contribution in [0.15, 0.2) is 36.8 Å². The normalized spacial score (nSPS) is 21.7. The molecule has 1 amide bonds. The fraction of sp³-hybridized carbons (Fsp3) is 0.450. The topological polar surface area (TPSA) is 78.4 Å². The van der Waals surface area contributed by atoms with Gasteiger partial charge >= 0.3 is 0 Å². The third kappa shape index (κ3) is 3.70. The Labute approximate surface area is 153 Å². The van der Waals surface area contributed by atoms with Crippen molar-refractivity contribution in [3.05, 3.63) is 53.5 Å². The first kappa shape index (κ1) is 17.0. The van der Waals surface area contributed by atoms with E-state index in [1.807, 2.05) is 11.0 Å². The minimum Gasteiger partial charge on any atom is -0.386 e. The molecule has 1 aliphatic heterocycles. The maximum Gasteiger partial charge on any atom is 0.224 e. The van der Waals surface area contributed by atoms with Gasteiger partial charge in [-0.2, -0.15) is 0 Å². The highest BCUT2D eigenvalue weighted by molar-refractivity contribution is 5.78. The molecule has 2 heterocycles. The van der Waals surface area contributed by atoms with Gasteiger partial charge in [0.2, 0.25) is 5.91 Å². The van der Waals surface area contributed by atoms with E-state index < -0.39 is 5.60 Å². The number of β-amino-alcohol motifs (C(OH)–C–C–N with tert-alkyl or cyclic N) is 1. The number of aromatic nitrogens is 2. The van der Waals surface area contributed by atoms with Crippen molar-refractivity contribution in [2.75, 3.05) is 24.5 Å². The summed E-state index contributed by atoms with van der Waals surface area (Å²) in [6.07, 6.45) is 9.40. The van der Waals surface area contributed by atoms with Gasteiger partial charge in [0, 0.05) is 32.0 Å². The lowest BCUT2D eigenvalue weighted by Crippen LogP contribution is -2.45. The van der Waals surface area contributed by atoms with Gasteiger partial charge < -0.3 is 15.3 Å². The predicted octanol–water partition coefficient (Wildman–Crippen LogP) is 1.27. The van der Waals surface area contributed by atoms with Crippen LogP contribution in [0.4, 0.5) is 5.82 Å². The number of hydrogen-bond acceptors (Lipinski definition) is 5. The second kappa shape index (κ2) is 7.03. The molecule has 4 rings (SSSR count). The molecule has 0 spiro atoms. The second-order valence-corrected chi connectivity index (χ2v) is 7.37. The largest absolute Gasteiger partial charge is 0.386 e. The monoisotopic (exact) mass is 352 g/mol. The summed E-state index contributed by atoms with van der Waals surface area (Å²) < 4.78 is 0. The van der Waals surface area contributed by atoms with Gasteiger partial charge in [0.25, 0.3) is 0 Å². The zero-order valence-corrected chi connectivity index (χ0v) is 14.8. The number of aryl methyl sites for hydroxylation is 2. The van der Waals surface area contributed by atoms with Crippen molar-refractivity contribution in [2.24, 2.45) is 0 Å². The van der Waals surface area contributed by atoms with E-state index in [2.05, 4.69) is 27.4 Å². The maximum atomic E-state index is 12.3. The summed E-state index contributed by atoms with van der Waals surface area (Å²) in [5, 5.41) is 13.7. The van der Waals surface area contributed by atoms with Gasteiger partial charge in [-0.25, -0.2) is 4.98 Å². The molecule has 1 aromatic carbocycles. The molecule has 1 aliphatic carbocycles. The van der Waals surface area contributed by atoms with Crippen molar-refractivity contribution < 1.29 is 9.90 Å². The Kier molecular flexibility index (Phi) is 4.59. The molecule has 136 valence electrons. The molecule has 1 unspecified atom stereocenters. The zero-order chi connectivity index (χ0) is 18.0. The molecule has 1 saturated heterocycles. The average Bonchev–Trinajstić information content (AvgIpc) is 3.28. The van der Waals surface area contributed by atoms with Crippen molar-refractivity contribution >= 4 is 11.7 Å². The Hall–Kier alpha value is -2.47. The van der Waals surface area contributed by atoms with Crippen LogP contribution in [-0.4, -0.2) is 46.2 Å². The van der Waals surface area contributed by atoms with Crippen molar-refractivity contribution in [2.45, 2.75) is 37.7 Å². The van der Waals surface area contributed by atoms with Gasteiger partial charge in [-0.05, 0) is 42.4 Å². The quantitative estimate of drug-likeness (QED) is 0.847. The number of anilines is 1. The number of carbonyl (C=O) groups excluding carboxylic acids is 1. The molecule has 1 fully saturated rings. The summed E-state index contributed by atoms with van der Waals surface area (Å²) in [5.41, 5.74) is 2.91. The average molecular weight is 352 g/mol. The van der Waals surface area contributed by atoms with Gasteiger partial charge in [-0.3, -0.25) is 9.78 Å². The van der Waals surface area contributed by atoms with Gasteiger partial charge in [0.1, 0.15) is 11.4 Å². The highest BCUT2D eigenvalue weighted by Crippen LogP contribution is 2.25. The highest BCUT2D eigenvalue weighted by atomic mass is 16.3. The summed E-state index contributed by atoms with van der Waals surface area (Å²) >= 11 is 0. The first-order valence-corrected chi connectivity index (χ1v) is 9.22. The molecule has 2 N–H and O–H groups in total. The van der Waals surface area contributed by atoms with E-state index >= 15 is 0 Å². The zero-order valence-electron chi connectivity index (χ0n) is 14.8. The fourth-order valence-corrected chi connectivity index (χ4v) is 3.90. The number of rotatable bonds is 5. The molecular weight excluding hydrogens is 328 g/mol. The molecule has 6 nitrogen and oxygen atoms in total. The number of nitrogens with one attached hydrogen (secondary N) is 1. The van der Waals surface area contributed by atoms with Crippen LogP contribution in [0.1, 0.15) is 29.5 Å². The number of benzene rings is 1. The standard InChI is InChI=1S/C20H24N4O2/c25-19(11-15-4-5-16-2-1-3-17(16)10-15)23-13-20(26)6-9-24(14-20)18-12-21-7-8-22-18/h4-5,7-8,10,12,26H,1-3,6,9,11,13-14H2,(H,23,25). The minimum atomic E-state index is -0.925. The minimum absolute atomic E-state index is 0.0469. The van der Waals surface area contributed by atoms with Crippen LogP contribution >= 0.6 is 0 Å². The molecule has 26 heavy (non-hydrogen) atoms. The van der Waals surface area contributed by atoms with E-state index in [4.69, 9.17) is 0 Å². The second-order valence-electron chi connectivity index (χ2n) is 7.37. The Morgan fingerprint density at radius 3 is 3.00 bits per heavy atom. The third-order valence-corrected chi connectivity index (χ3v) is 5.35. The van der Waals surface area contributed by atoms with E-state index in [0.29, 0.717) is 25.9 Å². The molecule has 1 aromatic heterocycles. The summed E-state index contributed by atoms with van der Waals surface area (Å²) in [6, 6.07) is 6.35. The van der Waals surface area contributed by atoms with Crippen molar-refractivity contribution in [1.29, 1.82) is 0 Å². The lowest BCUT2D eigenvalue weighted by Gasteiger charge is -2.24. The third-order valence-electron chi connectivity index (χ3n) is 5.35. The Balaban J connectivity index is 1.30. The van der Waals surface area contributed by atoms with Gasteiger partial charge in [0.05, 0.1) is 12.6 Å². The summed E-state index contributed by atoms with van der Waals surface area (Å²) in [6.45, 7) is 1.41. The highest BCUT2D eigenvalue weighted by Gasteiger charge is 2.37. The number of fused-ring (bicyclic) bond motifs is 1. The number of carbonyl (C=O) groups is 1. The Bertz CT molecular complexity index is 796. The van der Waals surface area contributed by atoms with E-state index in [1.165, 1.54) is 17.5 Å². The van der Waals surface area contributed by atoms with Gasteiger partial charge in [0.15, 0.2) is 0 Å². The molecule has 2 aromatic rings. The fourth-order valence-electron chi connectivity index (χ4n) is 3.90. The lowest BCUT2D eigenvalue weighted by atomic mass is 10.0. The van der Waals surface area contributed by atoms with E-state index in [1.54, 1.807) is 18.6 Å². The number of nitrogens with zero attached hydrogens (tertiary/aromatic N) is 3. The maximum absolute atomic E-state index is 12.3. The van der Waals surface area contributed by atoms with Crippen molar-refractivity contribution in [3.8, 4) is 0 Å². The molecular formula is C20H24N4O2. The number of amides is 1. The molecule has 0 radical (unpaired) electrons. The van der Waals surface area contributed by atoms with Crippen LogP contribution in [0, 0.1) is 0 Å². The smallest absolute Gasteiger partial charge is 0.224 e. The van der Waals surface area contributed by atoms with Crippen molar-refractivity contribution in [1.82, 2.24) is 15.3 Å². The first-order valence-electron chi connectivity index (χ1n) is 9.22. The SMILES string of the molecule is O=C(Cc1ccc2c(c1)CCC2)NCC1(O)CCN(c2cnccn2)C1. The summed E-state index contributed by atoms with van der Waals surface area (Å²) in [7, 11) is 0. The van der Waals surface area contributed by atoms with Crippen LogP contribution in [-0.2, 0) is 24.1 Å². The Morgan fingerprint density at radius 1 is 1.27 bits per heavy atom. The molecule has 0 bridgehead atoms.